The summed E-state index contributed by atoms with van der Waals surface area (Å²) in [5.41, 5.74) is 0. The van der Waals surface area contributed by atoms with Gasteiger partial charge < -0.3 is 4.74 Å². The fraction of sp³-hybridized carbons (Fsp3) is 0.867. The number of hydrogen-bond acceptors (Lipinski definition) is 3. The molecule has 0 N–H and O–H groups in total. The summed E-state index contributed by atoms with van der Waals surface area (Å²) in [6, 6.07) is 0. The molecule has 0 spiro atoms. The van der Waals surface area contributed by atoms with Crippen LogP contribution in [0.5, 0.6) is 0 Å². The van der Waals surface area contributed by atoms with Gasteiger partial charge in [0, 0.05) is 6.92 Å². The van der Waals surface area contributed by atoms with Gasteiger partial charge in [-0.05, 0) is 6.42 Å². The van der Waals surface area contributed by atoms with Gasteiger partial charge in [-0.25, -0.2) is 0 Å². The Hall–Kier alpha value is -0.860. The van der Waals surface area contributed by atoms with E-state index >= 15 is 0 Å². The first kappa shape index (κ1) is 17.1. The highest BCUT2D eigenvalue weighted by Crippen LogP contribution is 2.14. The number of rotatable bonds is 10. The quantitative estimate of drug-likeness (QED) is 0.333. The van der Waals surface area contributed by atoms with Crippen molar-refractivity contribution in [2.75, 3.05) is 0 Å². The number of carbonyl (C=O) groups excluding carboxylic acids is 2. The standard InChI is InChI=1S/C15H28O3/c1-4-5-6-7-8-9-10-11-12-13(2)15(17)18-14(3)16/h13H,4-12H2,1-3H3. The van der Waals surface area contributed by atoms with Gasteiger partial charge in [0.25, 0.3) is 0 Å². The molecule has 106 valence electrons. The third-order valence-corrected chi connectivity index (χ3v) is 3.14. The molecule has 3 heteroatoms. The first-order chi connectivity index (χ1) is 8.57. The molecule has 0 aliphatic carbocycles. The molecule has 0 aromatic carbocycles. The maximum atomic E-state index is 11.3. The summed E-state index contributed by atoms with van der Waals surface area (Å²) in [6.45, 7) is 5.31. The lowest BCUT2D eigenvalue weighted by atomic mass is 10.0. The predicted octanol–water partition coefficient (Wildman–Crippen LogP) is 4.24. The lowest BCUT2D eigenvalue weighted by Crippen LogP contribution is -2.17. The van der Waals surface area contributed by atoms with Gasteiger partial charge in [0.2, 0.25) is 0 Å². The number of ether oxygens (including phenoxy) is 1. The molecule has 0 saturated carbocycles. The zero-order valence-electron chi connectivity index (χ0n) is 12.2. The second-order valence-electron chi connectivity index (χ2n) is 5.08. The minimum absolute atomic E-state index is 0.158. The van der Waals surface area contributed by atoms with Crippen LogP contribution in [-0.2, 0) is 14.3 Å². The van der Waals surface area contributed by atoms with E-state index in [1.807, 2.05) is 6.92 Å². The molecule has 0 bridgehead atoms. The first-order valence-electron chi connectivity index (χ1n) is 7.30. The first-order valence-corrected chi connectivity index (χ1v) is 7.30. The van der Waals surface area contributed by atoms with Crippen molar-refractivity contribution in [2.24, 2.45) is 5.92 Å². The SMILES string of the molecule is CCCCCCCCCCC(C)C(=O)OC(C)=O. The Bertz CT molecular complexity index is 236. The van der Waals surface area contributed by atoms with Crippen molar-refractivity contribution >= 4 is 11.9 Å². The van der Waals surface area contributed by atoms with Crippen LogP contribution < -0.4 is 0 Å². The molecule has 0 heterocycles. The van der Waals surface area contributed by atoms with Crippen LogP contribution in [0.3, 0.4) is 0 Å². The van der Waals surface area contributed by atoms with Crippen molar-refractivity contribution in [3.05, 3.63) is 0 Å². The van der Waals surface area contributed by atoms with Crippen LogP contribution in [0.4, 0.5) is 0 Å². The summed E-state index contributed by atoms with van der Waals surface area (Å²) in [6.07, 6.45) is 10.9. The van der Waals surface area contributed by atoms with E-state index in [0.29, 0.717) is 0 Å². The largest absolute Gasteiger partial charge is 0.393 e. The van der Waals surface area contributed by atoms with E-state index in [0.717, 1.165) is 12.8 Å². The molecular weight excluding hydrogens is 228 g/mol. The predicted molar refractivity (Wildman–Crippen MR) is 73.2 cm³/mol. The van der Waals surface area contributed by atoms with Gasteiger partial charge in [-0.3, -0.25) is 9.59 Å². The van der Waals surface area contributed by atoms with Gasteiger partial charge in [0.1, 0.15) is 0 Å². The molecular formula is C15H28O3. The van der Waals surface area contributed by atoms with Gasteiger partial charge >= 0.3 is 11.9 Å². The Kier molecular flexibility index (Phi) is 10.7. The van der Waals surface area contributed by atoms with Gasteiger partial charge in [-0.2, -0.15) is 0 Å². The van der Waals surface area contributed by atoms with Gasteiger partial charge in [-0.1, -0.05) is 65.2 Å². The highest BCUT2D eigenvalue weighted by Gasteiger charge is 2.15. The van der Waals surface area contributed by atoms with Crippen LogP contribution in [0.25, 0.3) is 0 Å². The summed E-state index contributed by atoms with van der Waals surface area (Å²) in [7, 11) is 0. The normalized spacial score (nSPS) is 12.2. The van der Waals surface area contributed by atoms with Crippen LogP contribution in [0.1, 0.15) is 78.6 Å². The molecule has 0 aromatic heterocycles. The molecule has 3 nitrogen and oxygen atoms in total. The fourth-order valence-corrected chi connectivity index (χ4v) is 1.94. The summed E-state index contributed by atoms with van der Waals surface area (Å²) >= 11 is 0. The summed E-state index contributed by atoms with van der Waals surface area (Å²) < 4.78 is 4.56. The monoisotopic (exact) mass is 256 g/mol. The number of carbonyl (C=O) groups is 2. The van der Waals surface area contributed by atoms with E-state index in [9.17, 15) is 9.59 Å². The van der Waals surface area contributed by atoms with E-state index < -0.39 is 5.97 Å². The summed E-state index contributed by atoms with van der Waals surface area (Å²) in [5.74, 6) is -1.05. The third kappa shape index (κ3) is 10.3. The highest BCUT2D eigenvalue weighted by atomic mass is 16.6. The number of unbranched alkanes of at least 4 members (excludes halogenated alkanes) is 7. The second-order valence-corrected chi connectivity index (χ2v) is 5.08. The third-order valence-electron chi connectivity index (χ3n) is 3.14. The van der Waals surface area contributed by atoms with Crippen molar-refractivity contribution in [3.63, 3.8) is 0 Å². The Labute approximate surface area is 111 Å². The van der Waals surface area contributed by atoms with Crippen molar-refractivity contribution < 1.29 is 14.3 Å². The van der Waals surface area contributed by atoms with E-state index in [1.165, 1.54) is 51.9 Å². The molecule has 0 radical (unpaired) electrons. The van der Waals surface area contributed by atoms with Crippen molar-refractivity contribution in [2.45, 2.75) is 78.6 Å². The lowest BCUT2D eigenvalue weighted by Gasteiger charge is -2.08. The van der Waals surface area contributed by atoms with Crippen LogP contribution in [0, 0.1) is 5.92 Å². The van der Waals surface area contributed by atoms with E-state index in [4.69, 9.17) is 0 Å². The number of esters is 2. The average molecular weight is 256 g/mol. The molecule has 0 fully saturated rings. The maximum absolute atomic E-state index is 11.3. The van der Waals surface area contributed by atoms with Crippen LogP contribution >= 0.6 is 0 Å². The minimum atomic E-state index is -0.511. The Morgan fingerprint density at radius 1 is 0.944 bits per heavy atom. The molecule has 1 unspecified atom stereocenters. The molecule has 0 saturated heterocycles. The topological polar surface area (TPSA) is 43.4 Å². The number of hydrogen-bond donors (Lipinski definition) is 0. The molecule has 0 aliphatic heterocycles. The van der Waals surface area contributed by atoms with Crippen LogP contribution in [0.15, 0.2) is 0 Å². The lowest BCUT2D eigenvalue weighted by molar-refractivity contribution is -0.160. The fourth-order valence-electron chi connectivity index (χ4n) is 1.94. The molecule has 18 heavy (non-hydrogen) atoms. The Balaban J connectivity index is 3.37. The smallest absolute Gasteiger partial charge is 0.316 e. The zero-order chi connectivity index (χ0) is 13.8. The second kappa shape index (κ2) is 11.2. The van der Waals surface area contributed by atoms with E-state index in [-0.39, 0.29) is 11.9 Å². The minimum Gasteiger partial charge on any atom is -0.393 e. The summed E-state index contributed by atoms with van der Waals surface area (Å²) in [5, 5.41) is 0. The van der Waals surface area contributed by atoms with Crippen molar-refractivity contribution in [3.8, 4) is 0 Å². The van der Waals surface area contributed by atoms with Crippen molar-refractivity contribution in [1.29, 1.82) is 0 Å². The summed E-state index contributed by atoms with van der Waals surface area (Å²) in [4.78, 5) is 22.0. The zero-order valence-corrected chi connectivity index (χ0v) is 12.2. The molecule has 1 atom stereocenters. The van der Waals surface area contributed by atoms with Crippen LogP contribution in [-0.4, -0.2) is 11.9 Å². The van der Waals surface area contributed by atoms with E-state index in [2.05, 4.69) is 11.7 Å². The molecule has 0 amide bonds. The Morgan fingerprint density at radius 3 is 1.94 bits per heavy atom. The van der Waals surface area contributed by atoms with E-state index in [1.54, 1.807) is 0 Å². The maximum Gasteiger partial charge on any atom is 0.316 e. The van der Waals surface area contributed by atoms with Crippen LogP contribution in [0.2, 0.25) is 0 Å². The van der Waals surface area contributed by atoms with Gasteiger partial charge in [0.05, 0.1) is 5.92 Å². The molecule has 0 rings (SSSR count). The highest BCUT2D eigenvalue weighted by molar-refractivity contribution is 5.85. The average Bonchev–Trinajstić information content (AvgIpc) is 2.31. The van der Waals surface area contributed by atoms with Crippen molar-refractivity contribution in [1.82, 2.24) is 0 Å². The Morgan fingerprint density at radius 2 is 1.44 bits per heavy atom. The van der Waals surface area contributed by atoms with Gasteiger partial charge in [-0.15, -0.1) is 0 Å². The molecule has 0 aromatic rings. The van der Waals surface area contributed by atoms with Gasteiger partial charge in [0.15, 0.2) is 0 Å². The molecule has 0 aliphatic rings.